The van der Waals surface area contributed by atoms with Crippen LogP contribution in [0.5, 0.6) is 23.0 Å². The molecule has 3 rings (SSSR count). The van der Waals surface area contributed by atoms with Gasteiger partial charge >= 0.3 is 5.97 Å². The van der Waals surface area contributed by atoms with Gasteiger partial charge in [0.2, 0.25) is 0 Å². The normalized spacial score (nSPS) is 10.5. The van der Waals surface area contributed by atoms with E-state index in [1.807, 2.05) is 30.3 Å². The maximum atomic E-state index is 12.6. The number of esters is 1. The predicted molar refractivity (Wildman–Crippen MR) is 115 cm³/mol. The lowest BCUT2D eigenvalue weighted by atomic mass is 10.2. The van der Waals surface area contributed by atoms with E-state index in [0.717, 1.165) is 11.3 Å². The average Bonchev–Trinajstić information content (AvgIpc) is 2.80. The minimum absolute atomic E-state index is 0.297. The summed E-state index contributed by atoms with van der Waals surface area (Å²) in [6.45, 7) is 0. The standard InChI is InChI=1S/C23H22N2O5/c1-27-19-12-10-17(14-22(19)29-3)23(26)30-20-11-9-16(13-21(20)28-2)15-24-25-18-7-5-4-6-8-18/h4-15,25H,1-3H3/b24-15-. The molecule has 30 heavy (non-hydrogen) atoms. The van der Waals surface area contributed by atoms with Gasteiger partial charge in [0, 0.05) is 0 Å². The summed E-state index contributed by atoms with van der Waals surface area (Å²) in [5.41, 5.74) is 4.92. The Morgan fingerprint density at radius 3 is 2.17 bits per heavy atom. The van der Waals surface area contributed by atoms with Crippen molar-refractivity contribution < 1.29 is 23.7 Å². The molecule has 0 spiro atoms. The number of para-hydroxylation sites is 1. The molecule has 0 aliphatic carbocycles. The number of hydrogen-bond acceptors (Lipinski definition) is 7. The van der Waals surface area contributed by atoms with Gasteiger partial charge in [-0.15, -0.1) is 0 Å². The molecule has 0 fully saturated rings. The van der Waals surface area contributed by atoms with E-state index in [9.17, 15) is 4.79 Å². The second-order valence-electron chi connectivity index (χ2n) is 6.11. The van der Waals surface area contributed by atoms with E-state index in [0.29, 0.717) is 28.6 Å². The number of hydrazone groups is 1. The Bertz CT molecular complexity index is 1040. The molecule has 3 aromatic carbocycles. The number of ether oxygens (including phenoxy) is 4. The minimum atomic E-state index is -0.540. The van der Waals surface area contributed by atoms with E-state index >= 15 is 0 Å². The average molecular weight is 406 g/mol. The maximum Gasteiger partial charge on any atom is 0.343 e. The van der Waals surface area contributed by atoms with Gasteiger partial charge in [0.25, 0.3) is 0 Å². The fourth-order valence-electron chi connectivity index (χ4n) is 2.66. The second-order valence-corrected chi connectivity index (χ2v) is 6.11. The highest BCUT2D eigenvalue weighted by Gasteiger charge is 2.15. The summed E-state index contributed by atoms with van der Waals surface area (Å²) < 4.78 is 21.3. The van der Waals surface area contributed by atoms with Crippen molar-refractivity contribution in [1.82, 2.24) is 0 Å². The summed E-state index contributed by atoms with van der Waals surface area (Å²) in [4.78, 5) is 12.6. The molecule has 0 saturated heterocycles. The zero-order chi connectivity index (χ0) is 21.3. The number of nitrogens with zero attached hydrogens (tertiary/aromatic N) is 1. The lowest BCUT2D eigenvalue weighted by Gasteiger charge is -2.11. The third kappa shape index (κ3) is 5.08. The number of carbonyl (C=O) groups excluding carboxylic acids is 1. The Kier molecular flexibility index (Phi) is 6.89. The molecule has 0 saturated carbocycles. The third-order valence-corrected chi connectivity index (χ3v) is 4.19. The van der Waals surface area contributed by atoms with Crippen molar-refractivity contribution in [2.24, 2.45) is 5.10 Å². The van der Waals surface area contributed by atoms with Crippen molar-refractivity contribution in [3.63, 3.8) is 0 Å². The summed E-state index contributed by atoms with van der Waals surface area (Å²) in [6.07, 6.45) is 1.65. The first kappa shape index (κ1) is 20.7. The fourth-order valence-corrected chi connectivity index (χ4v) is 2.66. The van der Waals surface area contributed by atoms with E-state index in [1.165, 1.54) is 21.3 Å². The minimum Gasteiger partial charge on any atom is -0.493 e. The van der Waals surface area contributed by atoms with Gasteiger partial charge in [-0.3, -0.25) is 5.43 Å². The Morgan fingerprint density at radius 2 is 1.47 bits per heavy atom. The largest absolute Gasteiger partial charge is 0.493 e. The van der Waals surface area contributed by atoms with Crippen molar-refractivity contribution in [3.8, 4) is 23.0 Å². The van der Waals surface area contributed by atoms with Crippen LogP contribution in [-0.4, -0.2) is 33.5 Å². The first-order chi connectivity index (χ1) is 14.6. The molecule has 3 aromatic rings. The number of nitrogens with one attached hydrogen (secondary N) is 1. The molecule has 1 N–H and O–H groups in total. The van der Waals surface area contributed by atoms with Crippen LogP contribution in [-0.2, 0) is 0 Å². The molecule has 7 heteroatoms. The van der Waals surface area contributed by atoms with Crippen LogP contribution in [0.15, 0.2) is 71.8 Å². The van der Waals surface area contributed by atoms with Gasteiger partial charge < -0.3 is 18.9 Å². The first-order valence-corrected chi connectivity index (χ1v) is 9.11. The first-order valence-electron chi connectivity index (χ1n) is 9.11. The Hall–Kier alpha value is -4.00. The summed E-state index contributed by atoms with van der Waals surface area (Å²) in [6, 6.07) is 19.6. The van der Waals surface area contributed by atoms with Crippen molar-refractivity contribution in [2.45, 2.75) is 0 Å². The number of carbonyl (C=O) groups is 1. The van der Waals surface area contributed by atoms with Gasteiger partial charge in [-0.2, -0.15) is 5.10 Å². The molecule has 0 atom stereocenters. The monoisotopic (exact) mass is 406 g/mol. The molecule has 0 heterocycles. The fraction of sp³-hybridized carbons (Fsp3) is 0.130. The smallest absolute Gasteiger partial charge is 0.343 e. The predicted octanol–water partition coefficient (Wildman–Crippen LogP) is 4.38. The second kappa shape index (κ2) is 9.97. The van der Waals surface area contributed by atoms with Gasteiger partial charge in [0.05, 0.1) is 38.8 Å². The third-order valence-electron chi connectivity index (χ3n) is 4.19. The lowest BCUT2D eigenvalue weighted by Crippen LogP contribution is -2.10. The van der Waals surface area contributed by atoms with E-state index in [2.05, 4.69) is 10.5 Å². The molecule has 154 valence electrons. The highest BCUT2D eigenvalue weighted by Crippen LogP contribution is 2.31. The van der Waals surface area contributed by atoms with E-state index < -0.39 is 5.97 Å². The summed E-state index contributed by atoms with van der Waals surface area (Å²) in [7, 11) is 4.54. The molecule has 0 amide bonds. The van der Waals surface area contributed by atoms with Crippen LogP contribution in [0.2, 0.25) is 0 Å². The highest BCUT2D eigenvalue weighted by molar-refractivity contribution is 5.92. The number of methoxy groups -OCH3 is 3. The van der Waals surface area contributed by atoms with Crippen LogP contribution in [0, 0.1) is 0 Å². The molecule has 0 aliphatic rings. The van der Waals surface area contributed by atoms with E-state index in [-0.39, 0.29) is 0 Å². The molecule has 0 unspecified atom stereocenters. The van der Waals surface area contributed by atoms with Crippen LogP contribution in [0.4, 0.5) is 5.69 Å². The molecule has 0 aliphatic heterocycles. The van der Waals surface area contributed by atoms with Crippen molar-refractivity contribution in [3.05, 3.63) is 77.9 Å². The van der Waals surface area contributed by atoms with Crippen LogP contribution < -0.4 is 24.4 Å². The van der Waals surface area contributed by atoms with E-state index in [4.69, 9.17) is 18.9 Å². The van der Waals surface area contributed by atoms with Gasteiger partial charge in [-0.25, -0.2) is 4.79 Å². The molecule has 0 aromatic heterocycles. The number of rotatable bonds is 8. The molecular weight excluding hydrogens is 384 g/mol. The zero-order valence-corrected chi connectivity index (χ0v) is 16.9. The molecule has 0 bridgehead atoms. The number of benzene rings is 3. The van der Waals surface area contributed by atoms with Gasteiger partial charge in [-0.1, -0.05) is 18.2 Å². The zero-order valence-electron chi connectivity index (χ0n) is 16.9. The van der Waals surface area contributed by atoms with Crippen molar-refractivity contribution in [2.75, 3.05) is 26.8 Å². The molecule has 7 nitrogen and oxygen atoms in total. The van der Waals surface area contributed by atoms with Gasteiger partial charge in [0.15, 0.2) is 23.0 Å². The number of anilines is 1. The molecular formula is C23H22N2O5. The Labute approximate surface area is 174 Å². The highest BCUT2D eigenvalue weighted by atomic mass is 16.6. The Morgan fingerprint density at radius 1 is 0.800 bits per heavy atom. The quantitative estimate of drug-likeness (QED) is 0.259. The van der Waals surface area contributed by atoms with Crippen molar-refractivity contribution >= 4 is 17.9 Å². The lowest BCUT2D eigenvalue weighted by molar-refractivity contribution is 0.0729. The summed E-state index contributed by atoms with van der Waals surface area (Å²) in [5, 5.41) is 4.20. The van der Waals surface area contributed by atoms with Gasteiger partial charge in [-0.05, 0) is 54.1 Å². The summed E-state index contributed by atoms with van der Waals surface area (Å²) in [5.74, 6) is 1.13. The van der Waals surface area contributed by atoms with E-state index in [1.54, 1.807) is 42.6 Å². The van der Waals surface area contributed by atoms with Crippen LogP contribution in [0.25, 0.3) is 0 Å². The van der Waals surface area contributed by atoms with Crippen molar-refractivity contribution in [1.29, 1.82) is 0 Å². The molecule has 0 radical (unpaired) electrons. The van der Waals surface area contributed by atoms with Crippen LogP contribution in [0.3, 0.4) is 0 Å². The topological polar surface area (TPSA) is 78.4 Å². The summed E-state index contributed by atoms with van der Waals surface area (Å²) >= 11 is 0. The number of hydrogen-bond donors (Lipinski definition) is 1. The Balaban J connectivity index is 1.72. The SMILES string of the molecule is COc1ccc(C(=O)Oc2ccc(/C=N\Nc3ccccc3)cc2OC)cc1OC. The maximum absolute atomic E-state index is 12.6. The van der Waals surface area contributed by atoms with Crippen LogP contribution in [0.1, 0.15) is 15.9 Å². The van der Waals surface area contributed by atoms with Gasteiger partial charge in [0.1, 0.15) is 0 Å². The van der Waals surface area contributed by atoms with Crippen LogP contribution >= 0.6 is 0 Å².